The van der Waals surface area contributed by atoms with Crippen LogP contribution in [-0.2, 0) is 6.42 Å². The zero-order chi connectivity index (χ0) is 16.5. The van der Waals surface area contributed by atoms with Crippen LogP contribution in [0.1, 0.15) is 29.2 Å². The Hall–Kier alpha value is -2.55. The molecule has 1 heterocycles. The van der Waals surface area contributed by atoms with Crippen LogP contribution >= 0.6 is 0 Å². The van der Waals surface area contributed by atoms with Gasteiger partial charge >= 0.3 is 0 Å². The van der Waals surface area contributed by atoms with Crippen LogP contribution in [-0.4, -0.2) is 24.4 Å². The minimum atomic E-state index is 0.307. The first-order valence-corrected chi connectivity index (χ1v) is 8.51. The Balaban J connectivity index is 1.61. The zero-order valence-electron chi connectivity index (χ0n) is 14.0. The first kappa shape index (κ1) is 15.0. The zero-order valence-corrected chi connectivity index (χ0v) is 14.0. The fourth-order valence-corrected chi connectivity index (χ4v) is 3.93. The Kier molecular flexibility index (Phi) is 3.85. The molecule has 0 fully saturated rings. The number of fused-ring (bicyclic) bond motifs is 3. The lowest BCUT2D eigenvalue weighted by atomic mass is 9.77. The average Bonchev–Trinajstić information content (AvgIpc) is 2.97. The van der Waals surface area contributed by atoms with E-state index in [1.807, 2.05) is 12.1 Å². The largest absolute Gasteiger partial charge is 0.490 e. The second-order valence-electron chi connectivity index (χ2n) is 6.47. The van der Waals surface area contributed by atoms with Gasteiger partial charge < -0.3 is 4.74 Å². The number of benzene rings is 2. The van der Waals surface area contributed by atoms with Crippen LogP contribution in [0.4, 0.5) is 0 Å². The van der Waals surface area contributed by atoms with Gasteiger partial charge in [-0.25, -0.2) is 0 Å². The normalized spacial score (nSPS) is 21.7. The topological polar surface area (TPSA) is 24.8 Å². The van der Waals surface area contributed by atoms with Crippen LogP contribution in [0.25, 0.3) is 0 Å². The molecular formula is C21H22N2O. The van der Waals surface area contributed by atoms with Gasteiger partial charge in [-0.2, -0.15) is 5.10 Å². The summed E-state index contributed by atoms with van der Waals surface area (Å²) in [7, 11) is 2.08. The molecule has 3 heteroatoms. The van der Waals surface area contributed by atoms with E-state index in [1.165, 1.54) is 22.4 Å². The standard InChI is InChI=1S/C21H22N2O/c1-3-14-24-17-11-8-16(9-12-17)21-19-13-10-15-6-4-5-7-18(15)20(19)22-23(21)2/h3-9,11-12,19,21H,1,10,13-14H2,2H3/t19-,21-/m0/s1. The lowest BCUT2D eigenvalue weighted by Gasteiger charge is -2.29. The number of aryl methyl sites for hydroxylation is 1. The maximum absolute atomic E-state index is 5.59. The molecule has 0 saturated carbocycles. The van der Waals surface area contributed by atoms with Gasteiger partial charge in [-0.1, -0.05) is 49.1 Å². The van der Waals surface area contributed by atoms with Crippen molar-refractivity contribution in [2.45, 2.75) is 18.9 Å². The van der Waals surface area contributed by atoms with Crippen molar-refractivity contribution in [2.24, 2.45) is 11.0 Å². The van der Waals surface area contributed by atoms with Crippen LogP contribution < -0.4 is 4.74 Å². The molecule has 2 aromatic carbocycles. The molecule has 0 spiro atoms. The molecule has 2 aromatic rings. The van der Waals surface area contributed by atoms with E-state index in [-0.39, 0.29) is 0 Å². The summed E-state index contributed by atoms with van der Waals surface area (Å²) in [5, 5.41) is 7.01. The summed E-state index contributed by atoms with van der Waals surface area (Å²) in [6.45, 7) is 4.22. The van der Waals surface area contributed by atoms with E-state index in [0.717, 1.165) is 18.6 Å². The molecule has 2 aliphatic rings. The Morgan fingerprint density at radius 1 is 1.21 bits per heavy atom. The van der Waals surface area contributed by atoms with Gasteiger partial charge in [0.05, 0.1) is 11.8 Å². The van der Waals surface area contributed by atoms with Crippen molar-refractivity contribution in [3.63, 3.8) is 0 Å². The highest BCUT2D eigenvalue weighted by Gasteiger charge is 2.39. The van der Waals surface area contributed by atoms with Gasteiger partial charge in [0, 0.05) is 18.5 Å². The maximum Gasteiger partial charge on any atom is 0.119 e. The summed E-state index contributed by atoms with van der Waals surface area (Å²) in [4.78, 5) is 0. The molecule has 1 aliphatic carbocycles. The van der Waals surface area contributed by atoms with Crippen molar-refractivity contribution in [1.29, 1.82) is 0 Å². The number of hydrogen-bond donors (Lipinski definition) is 0. The Morgan fingerprint density at radius 3 is 2.79 bits per heavy atom. The Bertz CT molecular complexity index is 779. The molecule has 0 saturated heterocycles. The molecule has 24 heavy (non-hydrogen) atoms. The average molecular weight is 318 g/mol. The molecule has 4 rings (SSSR count). The predicted octanol–water partition coefficient (Wildman–Crippen LogP) is 4.20. The van der Waals surface area contributed by atoms with Crippen molar-refractivity contribution in [3.8, 4) is 5.75 Å². The highest BCUT2D eigenvalue weighted by Crippen LogP contribution is 2.42. The second-order valence-corrected chi connectivity index (χ2v) is 6.47. The summed E-state index contributed by atoms with van der Waals surface area (Å²) in [5.41, 5.74) is 5.30. The van der Waals surface area contributed by atoms with E-state index in [0.29, 0.717) is 18.6 Å². The lowest BCUT2D eigenvalue weighted by molar-refractivity contribution is 0.243. The molecule has 0 radical (unpaired) electrons. The number of hydrazone groups is 1. The van der Waals surface area contributed by atoms with Crippen LogP contribution in [0, 0.1) is 5.92 Å². The van der Waals surface area contributed by atoms with Crippen molar-refractivity contribution < 1.29 is 4.74 Å². The Labute approximate surface area is 143 Å². The van der Waals surface area contributed by atoms with Crippen molar-refractivity contribution in [2.75, 3.05) is 13.7 Å². The highest BCUT2D eigenvalue weighted by atomic mass is 16.5. The van der Waals surface area contributed by atoms with Crippen LogP contribution in [0.2, 0.25) is 0 Å². The van der Waals surface area contributed by atoms with Crippen molar-refractivity contribution in [3.05, 3.63) is 77.9 Å². The molecule has 2 atom stereocenters. The molecule has 0 bridgehead atoms. The van der Waals surface area contributed by atoms with Crippen molar-refractivity contribution in [1.82, 2.24) is 5.01 Å². The van der Waals surface area contributed by atoms with E-state index in [2.05, 4.69) is 55.0 Å². The van der Waals surface area contributed by atoms with Gasteiger partial charge in [0.15, 0.2) is 0 Å². The van der Waals surface area contributed by atoms with Crippen LogP contribution in [0.5, 0.6) is 5.75 Å². The molecule has 0 aromatic heterocycles. The first-order chi connectivity index (χ1) is 11.8. The van der Waals surface area contributed by atoms with Crippen LogP contribution in [0.15, 0.2) is 66.3 Å². The second kappa shape index (κ2) is 6.16. The summed E-state index contributed by atoms with van der Waals surface area (Å²) in [6, 6.07) is 17.4. The third-order valence-electron chi connectivity index (χ3n) is 5.01. The minimum absolute atomic E-state index is 0.307. The molecule has 3 nitrogen and oxygen atoms in total. The molecule has 1 aliphatic heterocycles. The monoisotopic (exact) mass is 318 g/mol. The fourth-order valence-electron chi connectivity index (χ4n) is 3.93. The molecular weight excluding hydrogens is 296 g/mol. The lowest BCUT2D eigenvalue weighted by Crippen LogP contribution is -2.27. The fraction of sp³-hybridized carbons (Fsp3) is 0.286. The number of hydrogen-bond acceptors (Lipinski definition) is 3. The summed E-state index contributed by atoms with van der Waals surface area (Å²) >= 11 is 0. The Morgan fingerprint density at radius 2 is 2.00 bits per heavy atom. The minimum Gasteiger partial charge on any atom is -0.490 e. The first-order valence-electron chi connectivity index (χ1n) is 8.51. The van der Waals surface area contributed by atoms with Gasteiger partial charge in [0.2, 0.25) is 0 Å². The van der Waals surface area contributed by atoms with Gasteiger partial charge in [-0.15, -0.1) is 0 Å². The smallest absolute Gasteiger partial charge is 0.119 e. The summed E-state index contributed by atoms with van der Waals surface area (Å²) in [6.07, 6.45) is 4.04. The predicted molar refractivity (Wildman–Crippen MR) is 97.4 cm³/mol. The number of nitrogens with zero attached hydrogens (tertiary/aromatic N) is 2. The third-order valence-corrected chi connectivity index (χ3v) is 5.01. The molecule has 0 unspecified atom stereocenters. The van der Waals surface area contributed by atoms with Gasteiger partial charge in [-0.05, 0) is 36.1 Å². The maximum atomic E-state index is 5.59. The summed E-state index contributed by atoms with van der Waals surface area (Å²) < 4.78 is 5.59. The van der Waals surface area contributed by atoms with Gasteiger partial charge in [0.1, 0.15) is 12.4 Å². The van der Waals surface area contributed by atoms with E-state index in [1.54, 1.807) is 6.08 Å². The third kappa shape index (κ3) is 2.50. The molecule has 0 amide bonds. The van der Waals surface area contributed by atoms with E-state index in [9.17, 15) is 0 Å². The van der Waals surface area contributed by atoms with E-state index < -0.39 is 0 Å². The summed E-state index contributed by atoms with van der Waals surface area (Å²) in [5.74, 6) is 1.35. The SMILES string of the molecule is C=CCOc1ccc([C@H]2[C@H]3CCc4ccccc4C3=NN2C)cc1. The van der Waals surface area contributed by atoms with Crippen LogP contribution in [0.3, 0.4) is 0 Å². The quantitative estimate of drug-likeness (QED) is 0.789. The number of rotatable bonds is 4. The highest BCUT2D eigenvalue weighted by molar-refractivity contribution is 6.05. The molecule has 0 N–H and O–H groups in total. The number of ether oxygens (including phenoxy) is 1. The van der Waals surface area contributed by atoms with E-state index >= 15 is 0 Å². The van der Waals surface area contributed by atoms with Crippen molar-refractivity contribution >= 4 is 5.71 Å². The van der Waals surface area contributed by atoms with Gasteiger partial charge in [0.25, 0.3) is 0 Å². The van der Waals surface area contributed by atoms with Gasteiger partial charge in [-0.3, -0.25) is 5.01 Å². The molecule has 122 valence electrons. The van der Waals surface area contributed by atoms with E-state index in [4.69, 9.17) is 9.84 Å².